The summed E-state index contributed by atoms with van der Waals surface area (Å²) in [5.74, 6) is -3.59. The van der Waals surface area contributed by atoms with E-state index in [0.29, 0.717) is 24.6 Å². The molecule has 0 aliphatic heterocycles. The minimum atomic E-state index is -1.47. The molecule has 1 aromatic carbocycles. The third-order valence-electron chi connectivity index (χ3n) is 2.61. The van der Waals surface area contributed by atoms with E-state index in [1.54, 1.807) is 0 Å². The predicted octanol–water partition coefficient (Wildman–Crippen LogP) is 2.36. The van der Waals surface area contributed by atoms with Crippen LogP contribution in [-0.2, 0) is 11.3 Å². The predicted molar refractivity (Wildman–Crippen MR) is 70.5 cm³/mol. The van der Waals surface area contributed by atoms with E-state index in [0.717, 1.165) is 12.1 Å². The quantitative estimate of drug-likeness (QED) is 0.597. The molecule has 0 aliphatic carbocycles. The van der Waals surface area contributed by atoms with Crippen LogP contribution in [0.3, 0.4) is 0 Å². The zero-order valence-electron chi connectivity index (χ0n) is 11.6. The first-order valence-electron chi connectivity index (χ1n) is 6.51. The number of amides is 1. The van der Waals surface area contributed by atoms with Gasteiger partial charge in [-0.3, -0.25) is 4.79 Å². The number of carbonyl (C=O) groups is 1. The molecule has 0 atom stereocenters. The third kappa shape index (κ3) is 5.61. The lowest BCUT2D eigenvalue weighted by atomic mass is 10.2. The van der Waals surface area contributed by atoms with Gasteiger partial charge >= 0.3 is 0 Å². The van der Waals surface area contributed by atoms with E-state index in [2.05, 4.69) is 10.6 Å². The number of nitrogens with one attached hydrogen (secondary N) is 2. The summed E-state index contributed by atoms with van der Waals surface area (Å²) < 4.78 is 38.6. The lowest BCUT2D eigenvalue weighted by Gasteiger charge is -2.08. The van der Waals surface area contributed by atoms with Crippen molar-refractivity contribution < 1.29 is 18.0 Å². The van der Waals surface area contributed by atoms with Gasteiger partial charge in [0.1, 0.15) is 0 Å². The Bertz CT molecular complexity index is 441. The van der Waals surface area contributed by atoms with Crippen LogP contribution in [0.4, 0.5) is 13.2 Å². The minimum absolute atomic E-state index is 0.0809. The standard InChI is InChI=1S/C14H19F3N2O/c1-9(2)7-19-13(20)3-4-18-8-10-5-11(15)14(17)12(16)6-10/h5-6,9,18H,3-4,7-8H2,1-2H3,(H,19,20). The van der Waals surface area contributed by atoms with Crippen LogP contribution in [-0.4, -0.2) is 19.0 Å². The van der Waals surface area contributed by atoms with Crippen LogP contribution in [0.5, 0.6) is 0 Å². The second-order valence-electron chi connectivity index (χ2n) is 5.00. The van der Waals surface area contributed by atoms with Gasteiger partial charge in [-0.25, -0.2) is 13.2 Å². The Morgan fingerprint density at radius 1 is 1.20 bits per heavy atom. The van der Waals surface area contributed by atoms with E-state index < -0.39 is 17.5 Å². The van der Waals surface area contributed by atoms with Crippen LogP contribution in [0.1, 0.15) is 25.8 Å². The van der Waals surface area contributed by atoms with E-state index in [-0.39, 0.29) is 18.9 Å². The molecule has 3 nitrogen and oxygen atoms in total. The van der Waals surface area contributed by atoms with Crippen molar-refractivity contribution in [1.29, 1.82) is 0 Å². The number of hydrogen-bond acceptors (Lipinski definition) is 2. The fourth-order valence-corrected chi connectivity index (χ4v) is 1.55. The molecule has 20 heavy (non-hydrogen) atoms. The maximum absolute atomic E-state index is 12.9. The summed E-state index contributed by atoms with van der Waals surface area (Å²) in [6.45, 7) is 5.16. The van der Waals surface area contributed by atoms with E-state index in [1.807, 2.05) is 13.8 Å². The zero-order valence-corrected chi connectivity index (χ0v) is 11.6. The van der Waals surface area contributed by atoms with E-state index in [9.17, 15) is 18.0 Å². The molecule has 0 aromatic heterocycles. The number of carbonyl (C=O) groups excluding carboxylic acids is 1. The van der Waals surface area contributed by atoms with Crippen LogP contribution >= 0.6 is 0 Å². The molecule has 6 heteroatoms. The molecule has 0 bridgehead atoms. The average Bonchev–Trinajstić information content (AvgIpc) is 2.38. The molecule has 112 valence electrons. The second kappa shape index (κ2) is 7.89. The van der Waals surface area contributed by atoms with Crippen LogP contribution in [0.2, 0.25) is 0 Å². The van der Waals surface area contributed by atoms with Gasteiger partial charge in [0.15, 0.2) is 17.5 Å². The molecule has 1 aromatic rings. The molecule has 0 saturated carbocycles. The summed E-state index contributed by atoms with van der Waals surface area (Å²) in [6.07, 6.45) is 0.277. The second-order valence-corrected chi connectivity index (χ2v) is 5.00. The molecule has 0 heterocycles. The van der Waals surface area contributed by atoms with Crippen molar-refractivity contribution in [1.82, 2.24) is 10.6 Å². The molecule has 1 amide bonds. The van der Waals surface area contributed by atoms with Crippen molar-refractivity contribution in [3.63, 3.8) is 0 Å². The number of halogens is 3. The summed E-state index contributed by atoms with van der Waals surface area (Å²) in [6, 6.07) is 1.87. The molecule has 0 radical (unpaired) electrons. The third-order valence-corrected chi connectivity index (χ3v) is 2.61. The van der Waals surface area contributed by atoms with Crippen molar-refractivity contribution in [2.75, 3.05) is 13.1 Å². The Balaban J connectivity index is 2.29. The molecule has 0 aliphatic rings. The van der Waals surface area contributed by atoms with Gasteiger partial charge in [-0.05, 0) is 23.6 Å². The zero-order chi connectivity index (χ0) is 15.1. The van der Waals surface area contributed by atoms with E-state index in [4.69, 9.17) is 0 Å². The molecule has 1 rings (SSSR count). The Morgan fingerprint density at radius 2 is 1.80 bits per heavy atom. The number of hydrogen-bond donors (Lipinski definition) is 2. The van der Waals surface area contributed by atoms with Gasteiger partial charge in [-0.15, -0.1) is 0 Å². The van der Waals surface area contributed by atoms with Crippen molar-refractivity contribution in [3.8, 4) is 0 Å². The molecule has 0 spiro atoms. The van der Waals surface area contributed by atoms with Gasteiger partial charge < -0.3 is 10.6 Å². The fourth-order valence-electron chi connectivity index (χ4n) is 1.55. The summed E-state index contributed by atoms with van der Waals surface area (Å²) in [5.41, 5.74) is 0.295. The summed E-state index contributed by atoms with van der Waals surface area (Å²) >= 11 is 0. The molecule has 2 N–H and O–H groups in total. The average molecular weight is 288 g/mol. The highest BCUT2D eigenvalue weighted by Crippen LogP contribution is 2.13. The minimum Gasteiger partial charge on any atom is -0.356 e. The maximum Gasteiger partial charge on any atom is 0.221 e. The van der Waals surface area contributed by atoms with Crippen molar-refractivity contribution in [2.24, 2.45) is 5.92 Å². The Labute approximate surface area is 116 Å². The first-order chi connectivity index (χ1) is 9.40. The highest BCUT2D eigenvalue weighted by atomic mass is 19.2. The van der Waals surface area contributed by atoms with Gasteiger partial charge in [0.25, 0.3) is 0 Å². The normalized spacial score (nSPS) is 10.9. The Morgan fingerprint density at radius 3 is 2.35 bits per heavy atom. The lowest BCUT2D eigenvalue weighted by molar-refractivity contribution is -0.121. The van der Waals surface area contributed by atoms with Gasteiger partial charge in [0, 0.05) is 26.1 Å². The van der Waals surface area contributed by atoms with Crippen molar-refractivity contribution in [2.45, 2.75) is 26.8 Å². The fraction of sp³-hybridized carbons (Fsp3) is 0.500. The van der Waals surface area contributed by atoms with E-state index in [1.165, 1.54) is 0 Å². The molecular formula is C14H19F3N2O. The van der Waals surface area contributed by atoms with E-state index >= 15 is 0 Å². The van der Waals surface area contributed by atoms with Gasteiger partial charge in [-0.1, -0.05) is 13.8 Å². The highest BCUT2D eigenvalue weighted by molar-refractivity contribution is 5.76. The number of benzene rings is 1. The van der Waals surface area contributed by atoms with Gasteiger partial charge in [0.2, 0.25) is 5.91 Å². The highest BCUT2D eigenvalue weighted by Gasteiger charge is 2.10. The van der Waals surface area contributed by atoms with Crippen LogP contribution in [0, 0.1) is 23.4 Å². The lowest BCUT2D eigenvalue weighted by Crippen LogP contribution is -2.30. The molecule has 0 fully saturated rings. The van der Waals surface area contributed by atoms with Crippen LogP contribution < -0.4 is 10.6 Å². The van der Waals surface area contributed by atoms with Crippen LogP contribution in [0.25, 0.3) is 0 Å². The maximum atomic E-state index is 12.9. The summed E-state index contributed by atoms with van der Waals surface area (Å²) in [5, 5.41) is 5.64. The molecule has 0 unspecified atom stereocenters. The van der Waals surface area contributed by atoms with Gasteiger partial charge in [0.05, 0.1) is 0 Å². The SMILES string of the molecule is CC(C)CNC(=O)CCNCc1cc(F)c(F)c(F)c1. The first-order valence-corrected chi connectivity index (χ1v) is 6.51. The number of rotatable bonds is 7. The Kier molecular flexibility index (Phi) is 6.51. The molecule has 0 saturated heterocycles. The van der Waals surface area contributed by atoms with Gasteiger partial charge in [-0.2, -0.15) is 0 Å². The first kappa shape index (κ1) is 16.5. The largest absolute Gasteiger partial charge is 0.356 e. The van der Waals surface area contributed by atoms with Crippen LogP contribution in [0.15, 0.2) is 12.1 Å². The smallest absolute Gasteiger partial charge is 0.221 e. The summed E-state index contributed by atoms with van der Waals surface area (Å²) in [7, 11) is 0. The summed E-state index contributed by atoms with van der Waals surface area (Å²) in [4.78, 5) is 11.4. The Hall–Kier alpha value is -1.56. The topological polar surface area (TPSA) is 41.1 Å². The monoisotopic (exact) mass is 288 g/mol. The van der Waals surface area contributed by atoms with Crippen molar-refractivity contribution in [3.05, 3.63) is 35.1 Å². The van der Waals surface area contributed by atoms with Crippen molar-refractivity contribution >= 4 is 5.91 Å². The molecular weight excluding hydrogens is 269 g/mol.